The number of benzene rings is 1. The van der Waals surface area contributed by atoms with Gasteiger partial charge in [-0.15, -0.1) is 0 Å². The SMILES string of the molecule is CCOC(=O)N1CCC(N2CCC3(CC=C(C)c4ccccc43)CC2)CC1. The number of rotatable bonds is 2. The second-order valence-electron chi connectivity index (χ2n) is 8.37. The van der Waals surface area contributed by atoms with Crippen LogP contribution in [0.15, 0.2) is 30.3 Å². The molecule has 1 spiro atoms. The molecule has 0 N–H and O–H groups in total. The van der Waals surface area contributed by atoms with Crippen LogP contribution in [-0.2, 0) is 10.2 Å². The molecule has 1 aliphatic carbocycles. The summed E-state index contributed by atoms with van der Waals surface area (Å²) in [4.78, 5) is 16.5. The molecule has 1 amide bonds. The molecular formula is C23H32N2O2. The lowest BCUT2D eigenvalue weighted by Crippen LogP contribution is -2.51. The van der Waals surface area contributed by atoms with Crippen LogP contribution in [0.5, 0.6) is 0 Å². The van der Waals surface area contributed by atoms with E-state index in [2.05, 4.69) is 42.2 Å². The maximum atomic E-state index is 11.9. The Hall–Kier alpha value is -1.81. The normalized spacial score (nSPS) is 23.0. The number of allylic oxidation sites excluding steroid dienone is 2. The van der Waals surface area contributed by atoms with Crippen LogP contribution in [-0.4, -0.2) is 54.7 Å². The highest BCUT2D eigenvalue weighted by Crippen LogP contribution is 2.46. The first kappa shape index (κ1) is 18.5. The highest BCUT2D eigenvalue weighted by atomic mass is 16.6. The molecule has 0 bridgehead atoms. The molecule has 2 heterocycles. The van der Waals surface area contributed by atoms with Crippen LogP contribution in [0, 0.1) is 0 Å². The Morgan fingerprint density at radius 2 is 1.85 bits per heavy atom. The molecule has 0 aromatic heterocycles. The summed E-state index contributed by atoms with van der Waals surface area (Å²) in [6.07, 6.45) is 8.12. The number of amides is 1. The number of piperidine rings is 2. The van der Waals surface area contributed by atoms with Crippen LogP contribution in [0.4, 0.5) is 4.79 Å². The first-order chi connectivity index (χ1) is 13.1. The minimum Gasteiger partial charge on any atom is -0.450 e. The molecule has 1 aromatic rings. The summed E-state index contributed by atoms with van der Waals surface area (Å²) in [5.41, 5.74) is 4.80. The van der Waals surface area contributed by atoms with Gasteiger partial charge in [-0.1, -0.05) is 30.3 Å². The molecule has 2 aliphatic heterocycles. The average Bonchev–Trinajstić information content (AvgIpc) is 2.72. The zero-order valence-corrected chi connectivity index (χ0v) is 16.7. The molecule has 2 saturated heterocycles. The monoisotopic (exact) mass is 368 g/mol. The Balaban J connectivity index is 1.37. The maximum Gasteiger partial charge on any atom is 0.409 e. The van der Waals surface area contributed by atoms with Crippen LogP contribution in [0.3, 0.4) is 0 Å². The minimum atomic E-state index is -0.144. The van der Waals surface area contributed by atoms with Crippen molar-refractivity contribution in [1.29, 1.82) is 0 Å². The van der Waals surface area contributed by atoms with Crippen LogP contribution in [0.2, 0.25) is 0 Å². The summed E-state index contributed by atoms with van der Waals surface area (Å²) in [6, 6.07) is 9.64. The number of likely N-dealkylation sites (tertiary alicyclic amines) is 2. The third-order valence-corrected chi connectivity index (χ3v) is 6.98. The standard InChI is InChI=1S/C23H32N2O2/c1-3-27-22(26)25-14-9-19(10-15-25)24-16-12-23(13-17-24)11-8-18(2)20-6-4-5-7-21(20)23/h4-8,19H,3,9-17H2,1-2H3. The number of fused-ring (bicyclic) bond motifs is 2. The van der Waals surface area contributed by atoms with Crippen molar-refractivity contribution in [2.75, 3.05) is 32.8 Å². The summed E-state index contributed by atoms with van der Waals surface area (Å²) < 4.78 is 5.15. The van der Waals surface area contributed by atoms with E-state index in [9.17, 15) is 4.79 Å². The minimum absolute atomic E-state index is 0.144. The van der Waals surface area contributed by atoms with Crippen molar-refractivity contribution in [3.05, 3.63) is 41.5 Å². The Bertz CT molecular complexity index is 711. The van der Waals surface area contributed by atoms with Crippen LogP contribution in [0.25, 0.3) is 5.57 Å². The fourth-order valence-corrected chi connectivity index (χ4v) is 5.28. The lowest BCUT2D eigenvalue weighted by molar-refractivity contribution is 0.0562. The van der Waals surface area contributed by atoms with Crippen molar-refractivity contribution in [3.8, 4) is 0 Å². The van der Waals surface area contributed by atoms with Crippen molar-refractivity contribution in [3.63, 3.8) is 0 Å². The molecule has 0 atom stereocenters. The van der Waals surface area contributed by atoms with Crippen LogP contribution >= 0.6 is 0 Å². The summed E-state index contributed by atoms with van der Waals surface area (Å²) in [6.45, 7) is 8.58. The molecule has 1 aromatic carbocycles. The van der Waals surface area contributed by atoms with Crippen molar-refractivity contribution in [1.82, 2.24) is 9.80 Å². The topological polar surface area (TPSA) is 32.8 Å². The van der Waals surface area contributed by atoms with E-state index in [1.165, 1.54) is 43.5 Å². The van der Waals surface area contributed by atoms with Gasteiger partial charge in [0.1, 0.15) is 0 Å². The lowest BCUT2D eigenvalue weighted by Gasteiger charge is -2.48. The molecule has 4 nitrogen and oxygen atoms in total. The molecular weight excluding hydrogens is 336 g/mol. The van der Waals surface area contributed by atoms with E-state index < -0.39 is 0 Å². The van der Waals surface area contributed by atoms with Gasteiger partial charge in [-0.3, -0.25) is 0 Å². The van der Waals surface area contributed by atoms with Crippen molar-refractivity contribution in [2.24, 2.45) is 0 Å². The fraction of sp³-hybridized carbons (Fsp3) is 0.609. The van der Waals surface area contributed by atoms with Gasteiger partial charge in [0.15, 0.2) is 0 Å². The van der Waals surface area contributed by atoms with Gasteiger partial charge >= 0.3 is 6.09 Å². The molecule has 0 unspecified atom stereocenters. The Morgan fingerprint density at radius 1 is 1.15 bits per heavy atom. The highest BCUT2D eigenvalue weighted by molar-refractivity contribution is 5.70. The van der Waals surface area contributed by atoms with Gasteiger partial charge in [-0.05, 0) is 75.7 Å². The molecule has 0 radical (unpaired) electrons. The van der Waals surface area contributed by atoms with Crippen LogP contribution in [0.1, 0.15) is 57.1 Å². The number of hydrogen-bond donors (Lipinski definition) is 0. The smallest absolute Gasteiger partial charge is 0.409 e. The maximum absolute atomic E-state index is 11.9. The third-order valence-electron chi connectivity index (χ3n) is 6.98. The van der Waals surface area contributed by atoms with E-state index in [0.29, 0.717) is 18.1 Å². The van der Waals surface area contributed by atoms with E-state index in [1.54, 1.807) is 5.56 Å². The second kappa shape index (κ2) is 7.67. The Morgan fingerprint density at radius 3 is 2.56 bits per heavy atom. The van der Waals surface area contributed by atoms with Crippen molar-refractivity contribution in [2.45, 2.75) is 57.4 Å². The molecule has 146 valence electrons. The number of carbonyl (C=O) groups is 1. The summed E-state index contributed by atoms with van der Waals surface area (Å²) in [7, 11) is 0. The summed E-state index contributed by atoms with van der Waals surface area (Å²) >= 11 is 0. The largest absolute Gasteiger partial charge is 0.450 e. The number of ether oxygens (including phenoxy) is 1. The molecule has 27 heavy (non-hydrogen) atoms. The lowest BCUT2D eigenvalue weighted by atomic mass is 9.65. The Kier molecular flexibility index (Phi) is 5.27. The van der Waals surface area contributed by atoms with E-state index in [1.807, 2.05) is 11.8 Å². The van der Waals surface area contributed by atoms with Crippen molar-refractivity contribution < 1.29 is 9.53 Å². The predicted octanol–water partition coefficient (Wildman–Crippen LogP) is 4.45. The Labute approximate surface area is 163 Å². The average molecular weight is 369 g/mol. The fourth-order valence-electron chi connectivity index (χ4n) is 5.28. The molecule has 4 rings (SSSR count). The van der Waals surface area contributed by atoms with Crippen LogP contribution < -0.4 is 0 Å². The molecule has 4 heteroatoms. The van der Waals surface area contributed by atoms with Gasteiger partial charge in [0.05, 0.1) is 6.61 Å². The quantitative estimate of drug-likeness (QED) is 0.773. The van der Waals surface area contributed by atoms with Gasteiger partial charge in [-0.2, -0.15) is 0 Å². The van der Waals surface area contributed by atoms with Gasteiger partial charge < -0.3 is 14.5 Å². The van der Waals surface area contributed by atoms with Gasteiger partial charge in [-0.25, -0.2) is 4.79 Å². The molecule has 3 aliphatic rings. The predicted molar refractivity (Wildman–Crippen MR) is 109 cm³/mol. The number of carbonyl (C=O) groups excluding carboxylic acids is 1. The number of nitrogens with zero attached hydrogens (tertiary/aromatic N) is 2. The van der Waals surface area contributed by atoms with Gasteiger partial charge in [0.25, 0.3) is 0 Å². The zero-order valence-electron chi connectivity index (χ0n) is 16.7. The van der Waals surface area contributed by atoms with Gasteiger partial charge in [0, 0.05) is 24.5 Å². The van der Waals surface area contributed by atoms with Gasteiger partial charge in [0.2, 0.25) is 0 Å². The van der Waals surface area contributed by atoms with E-state index >= 15 is 0 Å². The first-order valence-corrected chi connectivity index (χ1v) is 10.6. The zero-order chi connectivity index (χ0) is 18.9. The first-order valence-electron chi connectivity index (χ1n) is 10.6. The summed E-state index contributed by atoms with van der Waals surface area (Å²) in [5.74, 6) is 0. The highest BCUT2D eigenvalue weighted by Gasteiger charge is 2.40. The number of hydrogen-bond acceptors (Lipinski definition) is 3. The van der Waals surface area contributed by atoms with E-state index in [-0.39, 0.29) is 6.09 Å². The van der Waals surface area contributed by atoms with E-state index in [0.717, 1.165) is 25.9 Å². The summed E-state index contributed by atoms with van der Waals surface area (Å²) in [5, 5.41) is 0. The van der Waals surface area contributed by atoms with E-state index in [4.69, 9.17) is 4.74 Å². The molecule has 2 fully saturated rings. The second-order valence-corrected chi connectivity index (χ2v) is 8.37. The molecule has 0 saturated carbocycles. The van der Waals surface area contributed by atoms with Crippen molar-refractivity contribution >= 4 is 11.7 Å². The third kappa shape index (κ3) is 3.52.